The normalized spacial score (nSPS) is 24.7. The molecule has 0 bridgehead atoms. The molecule has 0 spiro atoms. The molecule has 1 aliphatic heterocycles. The number of hydrogen-bond acceptors (Lipinski definition) is 4. The van der Waals surface area contributed by atoms with Crippen LogP contribution in [0.1, 0.15) is 20.3 Å². The molecule has 18 heavy (non-hydrogen) atoms. The Morgan fingerprint density at radius 3 is 2.83 bits per heavy atom. The van der Waals surface area contributed by atoms with Crippen molar-refractivity contribution in [3.63, 3.8) is 0 Å². The predicted octanol–water partition coefficient (Wildman–Crippen LogP) is 2.18. The molecule has 1 saturated heterocycles. The Bertz CT molecular complexity index is 334. The third-order valence-electron chi connectivity index (χ3n) is 2.99. The monoisotopic (exact) mass is 273 g/mol. The fourth-order valence-corrected chi connectivity index (χ4v) is 3.39. The predicted molar refractivity (Wildman–Crippen MR) is 70.5 cm³/mol. The molecule has 5 nitrogen and oxygen atoms in total. The number of amides is 1. The summed E-state index contributed by atoms with van der Waals surface area (Å²) in [4.78, 5) is 24.4. The van der Waals surface area contributed by atoms with Crippen LogP contribution >= 0.6 is 11.8 Å². The molecule has 0 aromatic carbocycles. The van der Waals surface area contributed by atoms with Gasteiger partial charge in [0.25, 0.3) is 0 Å². The third-order valence-corrected chi connectivity index (χ3v) is 4.53. The molecule has 1 heterocycles. The van der Waals surface area contributed by atoms with Crippen LogP contribution in [0, 0.1) is 5.92 Å². The number of rotatable bonds is 5. The number of carbonyl (C=O) groups is 2. The van der Waals surface area contributed by atoms with Gasteiger partial charge < -0.3 is 9.84 Å². The van der Waals surface area contributed by atoms with Gasteiger partial charge in [-0.15, -0.1) is 11.8 Å². The summed E-state index contributed by atoms with van der Waals surface area (Å²) in [5.41, 5.74) is 0. The van der Waals surface area contributed by atoms with E-state index in [0.717, 1.165) is 6.42 Å². The molecule has 0 saturated carbocycles. The van der Waals surface area contributed by atoms with E-state index in [2.05, 4.69) is 6.58 Å². The lowest BCUT2D eigenvalue weighted by Gasteiger charge is -2.29. The molecule has 0 aliphatic carbocycles. The van der Waals surface area contributed by atoms with E-state index in [4.69, 9.17) is 9.84 Å². The van der Waals surface area contributed by atoms with Gasteiger partial charge in [0, 0.05) is 5.75 Å². The molecule has 0 aromatic heterocycles. The Labute approximate surface area is 111 Å². The van der Waals surface area contributed by atoms with Crippen molar-refractivity contribution in [3.8, 4) is 0 Å². The second-order valence-electron chi connectivity index (χ2n) is 4.24. The van der Waals surface area contributed by atoms with Gasteiger partial charge in [0.2, 0.25) is 0 Å². The van der Waals surface area contributed by atoms with Gasteiger partial charge in [0.1, 0.15) is 12.6 Å². The number of nitrogens with zero attached hydrogens (tertiary/aromatic N) is 1. The minimum absolute atomic E-state index is 0.0968. The van der Waals surface area contributed by atoms with E-state index in [0.29, 0.717) is 5.75 Å². The van der Waals surface area contributed by atoms with Gasteiger partial charge in [-0.25, -0.2) is 9.59 Å². The van der Waals surface area contributed by atoms with E-state index >= 15 is 0 Å². The number of ether oxygens (including phenoxy) is 1. The SMILES string of the molecule is C=CCOC(=O)N1C(C(=O)O)CSC1C(C)CC. The molecular weight excluding hydrogens is 254 g/mol. The van der Waals surface area contributed by atoms with Gasteiger partial charge in [0.15, 0.2) is 0 Å². The highest BCUT2D eigenvalue weighted by Gasteiger charge is 2.44. The standard InChI is InChI=1S/C12H19NO4S/c1-4-6-17-12(16)13-9(11(14)15)7-18-10(13)8(3)5-2/h4,8-10H,1,5-7H2,2-3H3,(H,14,15). The molecule has 1 N–H and O–H groups in total. The molecule has 1 aliphatic rings. The average Bonchev–Trinajstić information content (AvgIpc) is 2.79. The summed E-state index contributed by atoms with van der Waals surface area (Å²) in [7, 11) is 0. The van der Waals surface area contributed by atoms with Crippen molar-refractivity contribution in [1.82, 2.24) is 4.90 Å². The number of hydrogen-bond donors (Lipinski definition) is 1. The topological polar surface area (TPSA) is 66.8 Å². The molecule has 0 radical (unpaired) electrons. The van der Waals surface area contributed by atoms with Gasteiger partial charge in [-0.05, 0) is 5.92 Å². The Kier molecular flexibility index (Phi) is 5.53. The Hall–Kier alpha value is -1.17. The van der Waals surface area contributed by atoms with Crippen LogP contribution in [0.25, 0.3) is 0 Å². The Balaban J connectivity index is 2.84. The number of thioether (sulfide) groups is 1. The maximum absolute atomic E-state index is 11.9. The van der Waals surface area contributed by atoms with Crippen LogP contribution < -0.4 is 0 Å². The second kappa shape index (κ2) is 6.68. The summed E-state index contributed by atoms with van der Waals surface area (Å²) in [6.45, 7) is 7.59. The van der Waals surface area contributed by atoms with E-state index < -0.39 is 18.1 Å². The number of carboxylic acid groups (broad SMARTS) is 1. The summed E-state index contributed by atoms with van der Waals surface area (Å²) in [6, 6.07) is -0.800. The Morgan fingerprint density at radius 1 is 1.67 bits per heavy atom. The smallest absolute Gasteiger partial charge is 0.411 e. The van der Waals surface area contributed by atoms with Crippen LogP contribution in [0.4, 0.5) is 4.79 Å². The van der Waals surface area contributed by atoms with Crippen molar-refractivity contribution in [3.05, 3.63) is 12.7 Å². The van der Waals surface area contributed by atoms with Crippen molar-refractivity contribution < 1.29 is 19.4 Å². The molecule has 0 aromatic rings. The minimum atomic E-state index is -0.983. The minimum Gasteiger partial charge on any atom is -0.480 e. The zero-order valence-electron chi connectivity index (χ0n) is 10.7. The van der Waals surface area contributed by atoms with Crippen molar-refractivity contribution in [2.75, 3.05) is 12.4 Å². The first-order valence-electron chi connectivity index (χ1n) is 5.93. The maximum atomic E-state index is 11.9. The van der Waals surface area contributed by atoms with E-state index in [9.17, 15) is 9.59 Å². The maximum Gasteiger partial charge on any atom is 0.411 e. The first-order chi connectivity index (χ1) is 8.52. The van der Waals surface area contributed by atoms with Crippen LogP contribution in [0.15, 0.2) is 12.7 Å². The van der Waals surface area contributed by atoms with Crippen LogP contribution in [0.3, 0.4) is 0 Å². The summed E-state index contributed by atoms with van der Waals surface area (Å²) in [5, 5.41) is 9.02. The van der Waals surface area contributed by atoms with Crippen molar-refractivity contribution in [2.24, 2.45) is 5.92 Å². The van der Waals surface area contributed by atoms with Crippen LogP contribution in [0.5, 0.6) is 0 Å². The van der Waals surface area contributed by atoms with Crippen molar-refractivity contribution in [2.45, 2.75) is 31.7 Å². The highest BCUT2D eigenvalue weighted by Crippen LogP contribution is 2.35. The zero-order chi connectivity index (χ0) is 13.7. The quantitative estimate of drug-likeness (QED) is 0.778. The third kappa shape index (κ3) is 3.19. The fourth-order valence-electron chi connectivity index (χ4n) is 1.79. The lowest BCUT2D eigenvalue weighted by Crippen LogP contribution is -2.47. The molecule has 6 heteroatoms. The first kappa shape index (κ1) is 14.9. The number of carboxylic acids is 1. The van der Waals surface area contributed by atoms with Gasteiger partial charge in [-0.3, -0.25) is 4.90 Å². The Morgan fingerprint density at radius 2 is 2.33 bits per heavy atom. The molecule has 102 valence electrons. The highest BCUT2D eigenvalue weighted by atomic mass is 32.2. The van der Waals surface area contributed by atoms with E-state index in [-0.39, 0.29) is 17.9 Å². The van der Waals surface area contributed by atoms with Crippen LogP contribution in [0.2, 0.25) is 0 Å². The van der Waals surface area contributed by atoms with E-state index in [1.54, 1.807) is 0 Å². The van der Waals surface area contributed by atoms with Gasteiger partial charge in [-0.2, -0.15) is 0 Å². The summed E-state index contributed by atoms with van der Waals surface area (Å²) < 4.78 is 4.97. The molecular formula is C12H19NO4S. The molecule has 3 unspecified atom stereocenters. The van der Waals surface area contributed by atoms with Gasteiger partial charge >= 0.3 is 12.1 Å². The second-order valence-corrected chi connectivity index (χ2v) is 5.39. The summed E-state index contributed by atoms with van der Waals surface area (Å²) in [6.07, 6.45) is 1.78. The lowest BCUT2D eigenvalue weighted by atomic mass is 10.1. The first-order valence-corrected chi connectivity index (χ1v) is 6.98. The molecule has 1 fully saturated rings. The highest BCUT2D eigenvalue weighted by molar-refractivity contribution is 8.00. The molecule has 3 atom stereocenters. The van der Waals surface area contributed by atoms with E-state index in [1.165, 1.54) is 22.7 Å². The van der Waals surface area contributed by atoms with E-state index in [1.807, 2.05) is 13.8 Å². The van der Waals surface area contributed by atoms with Crippen molar-refractivity contribution in [1.29, 1.82) is 0 Å². The molecule has 1 amide bonds. The largest absolute Gasteiger partial charge is 0.480 e. The zero-order valence-corrected chi connectivity index (χ0v) is 11.5. The number of carbonyl (C=O) groups excluding carboxylic acids is 1. The van der Waals surface area contributed by atoms with Gasteiger partial charge in [0.05, 0.1) is 5.37 Å². The van der Waals surface area contributed by atoms with Gasteiger partial charge in [-0.1, -0.05) is 32.9 Å². The van der Waals surface area contributed by atoms with Crippen molar-refractivity contribution >= 4 is 23.8 Å². The average molecular weight is 273 g/mol. The number of aliphatic carboxylic acids is 1. The lowest BCUT2D eigenvalue weighted by molar-refractivity contribution is -0.141. The summed E-state index contributed by atoms with van der Waals surface area (Å²) >= 11 is 1.50. The van der Waals surface area contributed by atoms with Crippen LogP contribution in [-0.2, 0) is 9.53 Å². The summed E-state index contributed by atoms with van der Waals surface area (Å²) in [5.74, 6) is -0.340. The fraction of sp³-hybridized carbons (Fsp3) is 0.667. The molecule has 1 rings (SSSR count). The van der Waals surface area contributed by atoms with Crippen LogP contribution in [-0.4, -0.2) is 45.8 Å².